The maximum absolute atomic E-state index is 13.4. The molecule has 0 saturated carbocycles. The molecule has 0 fully saturated rings. The maximum Gasteiger partial charge on any atom is 0.270 e. The number of anilines is 2. The van der Waals surface area contributed by atoms with Crippen LogP contribution >= 0.6 is 11.8 Å². The highest BCUT2D eigenvalue weighted by molar-refractivity contribution is 8.00. The molecule has 2 amide bonds. The van der Waals surface area contributed by atoms with Gasteiger partial charge < -0.3 is 10.6 Å². The molecule has 0 aromatic heterocycles. The molecule has 4 rings (SSSR count). The highest BCUT2D eigenvalue weighted by Crippen LogP contribution is 2.37. The molecule has 0 radical (unpaired) electrons. The van der Waals surface area contributed by atoms with Gasteiger partial charge in [-0.2, -0.15) is 0 Å². The summed E-state index contributed by atoms with van der Waals surface area (Å²) in [6.07, 6.45) is 0. The second-order valence-electron chi connectivity index (χ2n) is 8.96. The fourth-order valence-electron chi connectivity index (χ4n) is 3.81. The molecule has 0 saturated heterocycles. The van der Waals surface area contributed by atoms with Crippen molar-refractivity contribution < 1.29 is 14.5 Å². The number of carbonyl (C=O) groups is 2. The Morgan fingerprint density at radius 2 is 1.47 bits per heavy atom. The number of thioether (sulfide) groups is 1. The van der Waals surface area contributed by atoms with E-state index in [1.807, 2.05) is 60.7 Å². The third-order valence-electron chi connectivity index (χ3n) is 5.85. The Morgan fingerprint density at radius 3 is 2.16 bits per heavy atom. The summed E-state index contributed by atoms with van der Waals surface area (Å²) in [5.41, 5.74) is 3.31. The van der Waals surface area contributed by atoms with E-state index in [0.717, 1.165) is 16.1 Å². The van der Waals surface area contributed by atoms with Crippen LogP contribution in [0.3, 0.4) is 0 Å². The smallest absolute Gasteiger partial charge is 0.270 e. The standard InChI is InChI=1S/C30H27N3O4S/c1-20(2)21-14-16-24(17-15-21)31-30(35)28(22-8-4-3-5-9-22)38-27-13-7-11-25(19-27)32-29(34)23-10-6-12-26(18-23)33(36)37/h3-20,28H,1-2H3,(H,31,35)(H,32,34). The van der Waals surface area contributed by atoms with Crippen LogP contribution in [-0.4, -0.2) is 16.7 Å². The highest BCUT2D eigenvalue weighted by Gasteiger charge is 2.23. The van der Waals surface area contributed by atoms with E-state index in [0.29, 0.717) is 11.6 Å². The van der Waals surface area contributed by atoms with E-state index in [2.05, 4.69) is 24.5 Å². The second kappa shape index (κ2) is 12.2. The van der Waals surface area contributed by atoms with Gasteiger partial charge in [0.2, 0.25) is 5.91 Å². The molecule has 192 valence electrons. The van der Waals surface area contributed by atoms with Gasteiger partial charge in [0.1, 0.15) is 5.25 Å². The molecule has 0 aliphatic heterocycles. The number of amides is 2. The Balaban J connectivity index is 1.52. The lowest BCUT2D eigenvalue weighted by Crippen LogP contribution is -2.19. The number of hydrogen-bond donors (Lipinski definition) is 2. The van der Waals surface area contributed by atoms with Gasteiger partial charge in [0.05, 0.1) is 4.92 Å². The van der Waals surface area contributed by atoms with Crippen molar-refractivity contribution >= 4 is 40.6 Å². The summed E-state index contributed by atoms with van der Waals surface area (Å²) in [4.78, 5) is 37.4. The van der Waals surface area contributed by atoms with Crippen molar-refractivity contribution in [3.8, 4) is 0 Å². The summed E-state index contributed by atoms with van der Waals surface area (Å²) in [6.45, 7) is 4.24. The van der Waals surface area contributed by atoms with Crippen LogP contribution in [0.15, 0.2) is 108 Å². The van der Waals surface area contributed by atoms with Gasteiger partial charge in [-0.25, -0.2) is 0 Å². The van der Waals surface area contributed by atoms with E-state index in [1.54, 1.807) is 18.2 Å². The van der Waals surface area contributed by atoms with Gasteiger partial charge in [0.25, 0.3) is 11.6 Å². The zero-order valence-corrected chi connectivity index (χ0v) is 21.8. The van der Waals surface area contributed by atoms with Crippen LogP contribution in [0.25, 0.3) is 0 Å². The Morgan fingerprint density at radius 1 is 0.763 bits per heavy atom. The van der Waals surface area contributed by atoms with Gasteiger partial charge in [0, 0.05) is 34.0 Å². The average molecular weight is 526 g/mol. The Kier molecular flexibility index (Phi) is 8.55. The van der Waals surface area contributed by atoms with Crippen molar-refractivity contribution in [2.45, 2.75) is 29.9 Å². The third-order valence-corrected chi connectivity index (χ3v) is 7.10. The molecule has 4 aromatic rings. The molecule has 1 atom stereocenters. The molecule has 7 nitrogen and oxygen atoms in total. The van der Waals surface area contributed by atoms with Gasteiger partial charge in [-0.3, -0.25) is 19.7 Å². The summed E-state index contributed by atoms with van der Waals surface area (Å²) in [6, 6.07) is 30.1. The molecule has 1 unspecified atom stereocenters. The Bertz CT molecular complexity index is 1440. The fourth-order valence-corrected chi connectivity index (χ4v) is 4.89. The number of non-ortho nitro benzene ring substituents is 1. The number of benzene rings is 4. The lowest BCUT2D eigenvalue weighted by Gasteiger charge is -2.18. The molecule has 2 N–H and O–H groups in total. The van der Waals surface area contributed by atoms with Crippen LogP contribution < -0.4 is 10.6 Å². The van der Waals surface area contributed by atoms with Crippen LogP contribution in [0.4, 0.5) is 17.1 Å². The molecular weight excluding hydrogens is 498 g/mol. The van der Waals surface area contributed by atoms with Gasteiger partial charge >= 0.3 is 0 Å². The molecule has 38 heavy (non-hydrogen) atoms. The molecule has 0 spiro atoms. The topological polar surface area (TPSA) is 101 Å². The van der Waals surface area contributed by atoms with E-state index in [-0.39, 0.29) is 17.2 Å². The summed E-state index contributed by atoms with van der Waals surface area (Å²) >= 11 is 1.37. The fraction of sp³-hybridized carbons (Fsp3) is 0.133. The normalized spacial score (nSPS) is 11.6. The van der Waals surface area contributed by atoms with Gasteiger partial charge in [-0.05, 0) is 53.4 Å². The van der Waals surface area contributed by atoms with Crippen molar-refractivity contribution in [3.63, 3.8) is 0 Å². The van der Waals surface area contributed by atoms with E-state index >= 15 is 0 Å². The van der Waals surface area contributed by atoms with E-state index in [9.17, 15) is 19.7 Å². The minimum absolute atomic E-state index is 0.155. The van der Waals surface area contributed by atoms with E-state index in [1.165, 1.54) is 41.6 Å². The summed E-state index contributed by atoms with van der Waals surface area (Å²) in [5, 5.41) is 16.3. The lowest BCUT2D eigenvalue weighted by atomic mass is 10.0. The maximum atomic E-state index is 13.4. The molecule has 0 bridgehead atoms. The Hall–Kier alpha value is -4.43. The van der Waals surface area contributed by atoms with Crippen LogP contribution in [0, 0.1) is 10.1 Å². The van der Waals surface area contributed by atoms with Gasteiger partial charge in [-0.1, -0.05) is 68.4 Å². The largest absolute Gasteiger partial charge is 0.325 e. The first-order valence-electron chi connectivity index (χ1n) is 12.1. The van der Waals surface area contributed by atoms with E-state index in [4.69, 9.17) is 0 Å². The summed E-state index contributed by atoms with van der Waals surface area (Å²) < 4.78 is 0. The molecule has 0 aliphatic carbocycles. The number of carbonyl (C=O) groups excluding carboxylic acids is 2. The van der Waals surface area contributed by atoms with Crippen LogP contribution in [0.2, 0.25) is 0 Å². The van der Waals surface area contributed by atoms with Crippen molar-refractivity contribution in [1.29, 1.82) is 0 Å². The Labute approximate surface area is 225 Å². The zero-order chi connectivity index (χ0) is 27.1. The number of nitrogens with one attached hydrogen (secondary N) is 2. The molecule has 8 heteroatoms. The number of nitro benzene ring substituents is 1. The number of rotatable bonds is 9. The third kappa shape index (κ3) is 6.86. The van der Waals surface area contributed by atoms with Gasteiger partial charge in [0.15, 0.2) is 0 Å². The molecule has 4 aromatic carbocycles. The van der Waals surface area contributed by atoms with Crippen LogP contribution in [-0.2, 0) is 4.79 Å². The number of nitro groups is 1. The summed E-state index contributed by atoms with van der Waals surface area (Å²) in [5.74, 6) is -0.222. The molecule has 0 heterocycles. The van der Waals surface area contributed by atoms with Gasteiger partial charge in [-0.15, -0.1) is 11.8 Å². The van der Waals surface area contributed by atoms with Crippen molar-refractivity contribution in [2.75, 3.05) is 10.6 Å². The van der Waals surface area contributed by atoms with E-state index < -0.39 is 16.1 Å². The monoisotopic (exact) mass is 525 g/mol. The summed E-state index contributed by atoms with van der Waals surface area (Å²) in [7, 11) is 0. The predicted octanol–water partition coefficient (Wildman–Crippen LogP) is 7.44. The predicted molar refractivity (Wildman–Crippen MR) is 152 cm³/mol. The minimum atomic E-state index is -0.540. The van der Waals surface area contributed by atoms with Crippen LogP contribution in [0.1, 0.15) is 46.5 Å². The quantitative estimate of drug-likeness (QED) is 0.134. The van der Waals surface area contributed by atoms with Crippen molar-refractivity contribution in [3.05, 3.63) is 130 Å². The first-order valence-corrected chi connectivity index (χ1v) is 13.0. The van der Waals surface area contributed by atoms with Crippen molar-refractivity contribution in [2.24, 2.45) is 0 Å². The average Bonchev–Trinajstić information content (AvgIpc) is 2.92. The van der Waals surface area contributed by atoms with Crippen LogP contribution in [0.5, 0.6) is 0 Å². The second-order valence-corrected chi connectivity index (χ2v) is 10.1. The highest BCUT2D eigenvalue weighted by atomic mass is 32.2. The first-order chi connectivity index (χ1) is 18.3. The SMILES string of the molecule is CC(C)c1ccc(NC(=O)C(Sc2cccc(NC(=O)c3cccc([N+](=O)[O-])c3)c2)c2ccccc2)cc1. The minimum Gasteiger partial charge on any atom is -0.325 e. The van der Waals surface area contributed by atoms with Crippen molar-refractivity contribution in [1.82, 2.24) is 0 Å². The molecular formula is C30H27N3O4S. The first kappa shape index (κ1) is 26.6. The molecule has 0 aliphatic rings. The lowest BCUT2D eigenvalue weighted by molar-refractivity contribution is -0.384. The number of hydrogen-bond acceptors (Lipinski definition) is 5. The number of nitrogens with zero attached hydrogens (tertiary/aromatic N) is 1. The zero-order valence-electron chi connectivity index (χ0n) is 21.0.